The molecule has 0 aliphatic carbocycles. The maximum absolute atomic E-state index is 6.13. The standard InChI is InChI=1S/C12H28N2O/c1-5-14(6-2)9-7-12(13)11(3)8-10-15-4/h11-12H,5-10,13H2,1-4H3. The van der Waals surface area contributed by atoms with Gasteiger partial charge in [0.1, 0.15) is 0 Å². The molecule has 0 aliphatic heterocycles. The first-order chi connectivity index (χ1) is 7.15. The number of methoxy groups -OCH3 is 1. The fraction of sp³-hybridized carbons (Fsp3) is 1.00. The summed E-state index contributed by atoms with van der Waals surface area (Å²) in [5.41, 5.74) is 6.13. The number of rotatable bonds is 9. The number of ether oxygens (including phenoxy) is 1. The average Bonchev–Trinajstić information content (AvgIpc) is 2.26. The normalized spacial score (nSPS) is 15.6. The van der Waals surface area contributed by atoms with Crippen molar-refractivity contribution < 1.29 is 4.74 Å². The second-order valence-corrected chi connectivity index (χ2v) is 4.24. The van der Waals surface area contributed by atoms with Gasteiger partial charge in [-0.25, -0.2) is 0 Å². The lowest BCUT2D eigenvalue weighted by Gasteiger charge is -2.24. The van der Waals surface area contributed by atoms with E-state index < -0.39 is 0 Å². The molecule has 0 radical (unpaired) electrons. The van der Waals surface area contributed by atoms with Gasteiger partial charge in [0.2, 0.25) is 0 Å². The molecule has 0 spiro atoms. The molecule has 0 aromatic rings. The molecule has 0 saturated carbocycles. The Labute approximate surface area is 95.0 Å². The van der Waals surface area contributed by atoms with Gasteiger partial charge in [-0.05, 0) is 38.4 Å². The summed E-state index contributed by atoms with van der Waals surface area (Å²) in [5, 5.41) is 0. The zero-order chi connectivity index (χ0) is 11.7. The summed E-state index contributed by atoms with van der Waals surface area (Å²) in [6, 6.07) is 0.306. The van der Waals surface area contributed by atoms with Crippen molar-refractivity contribution in [2.75, 3.05) is 33.4 Å². The highest BCUT2D eigenvalue weighted by atomic mass is 16.5. The SMILES string of the molecule is CCN(CC)CCC(N)C(C)CCOC. The van der Waals surface area contributed by atoms with Crippen LogP contribution in [-0.4, -0.2) is 44.3 Å². The Morgan fingerprint density at radius 3 is 2.27 bits per heavy atom. The smallest absolute Gasteiger partial charge is 0.0465 e. The van der Waals surface area contributed by atoms with E-state index >= 15 is 0 Å². The monoisotopic (exact) mass is 216 g/mol. The van der Waals surface area contributed by atoms with Crippen LogP contribution in [0.25, 0.3) is 0 Å². The number of hydrogen-bond acceptors (Lipinski definition) is 3. The Bertz CT molecular complexity index is 138. The lowest BCUT2D eigenvalue weighted by Crippen LogP contribution is -2.34. The van der Waals surface area contributed by atoms with Gasteiger partial charge in [-0.3, -0.25) is 0 Å². The molecule has 92 valence electrons. The van der Waals surface area contributed by atoms with Crippen LogP contribution in [0.4, 0.5) is 0 Å². The summed E-state index contributed by atoms with van der Waals surface area (Å²) in [4.78, 5) is 2.42. The van der Waals surface area contributed by atoms with Crippen molar-refractivity contribution in [3.05, 3.63) is 0 Å². The topological polar surface area (TPSA) is 38.5 Å². The number of nitrogens with two attached hydrogens (primary N) is 1. The molecule has 2 atom stereocenters. The fourth-order valence-electron chi connectivity index (χ4n) is 1.67. The lowest BCUT2D eigenvalue weighted by molar-refractivity contribution is 0.171. The van der Waals surface area contributed by atoms with Crippen molar-refractivity contribution in [1.82, 2.24) is 4.90 Å². The summed E-state index contributed by atoms with van der Waals surface area (Å²) < 4.78 is 5.06. The molecule has 0 fully saturated rings. The molecule has 2 unspecified atom stereocenters. The van der Waals surface area contributed by atoms with E-state index in [9.17, 15) is 0 Å². The van der Waals surface area contributed by atoms with E-state index in [1.165, 1.54) is 0 Å². The third-order valence-corrected chi connectivity index (χ3v) is 3.18. The molecule has 0 aliphatic rings. The van der Waals surface area contributed by atoms with Crippen LogP contribution < -0.4 is 5.73 Å². The van der Waals surface area contributed by atoms with E-state index in [-0.39, 0.29) is 0 Å². The Balaban J connectivity index is 3.66. The Morgan fingerprint density at radius 2 is 1.80 bits per heavy atom. The molecule has 0 rings (SSSR count). The molecule has 0 bridgehead atoms. The molecule has 0 heterocycles. The molecule has 2 N–H and O–H groups in total. The van der Waals surface area contributed by atoms with E-state index in [1.807, 2.05) is 0 Å². The summed E-state index contributed by atoms with van der Waals surface area (Å²) in [5.74, 6) is 0.556. The molecule has 0 amide bonds. The Morgan fingerprint density at radius 1 is 1.20 bits per heavy atom. The van der Waals surface area contributed by atoms with Crippen molar-refractivity contribution in [1.29, 1.82) is 0 Å². The van der Waals surface area contributed by atoms with Gasteiger partial charge in [-0.2, -0.15) is 0 Å². The third-order valence-electron chi connectivity index (χ3n) is 3.18. The summed E-state index contributed by atoms with van der Waals surface area (Å²) >= 11 is 0. The second-order valence-electron chi connectivity index (χ2n) is 4.24. The molecular weight excluding hydrogens is 188 g/mol. The van der Waals surface area contributed by atoms with Crippen LogP contribution in [0.5, 0.6) is 0 Å². The van der Waals surface area contributed by atoms with Gasteiger partial charge in [0, 0.05) is 19.8 Å². The van der Waals surface area contributed by atoms with E-state index in [2.05, 4.69) is 25.7 Å². The van der Waals surface area contributed by atoms with Crippen molar-refractivity contribution in [2.24, 2.45) is 11.7 Å². The minimum absolute atomic E-state index is 0.306. The van der Waals surface area contributed by atoms with E-state index in [1.54, 1.807) is 7.11 Å². The summed E-state index contributed by atoms with van der Waals surface area (Å²) in [7, 11) is 1.74. The van der Waals surface area contributed by atoms with Gasteiger partial charge in [0.25, 0.3) is 0 Å². The molecule has 15 heavy (non-hydrogen) atoms. The highest BCUT2D eigenvalue weighted by Gasteiger charge is 2.13. The zero-order valence-corrected chi connectivity index (χ0v) is 10.8. The largest absolute Gasteiger partial charge is 0.385 e. The first-order valence-electron chi connectivity index (χ1n) is 6.12. The molecule has 0 aromatic carbocycles. The van der Waals surface area contributed by atoms with Crippen LogP contribution >= 0.6 is 0 Å². The van der Waals surface area contributed by atoms with Crippen molar-refractivity contribution in [3.63, 3.8) is 0 Å². The first-order valence-corrected chi connectivity index (χ1v) is 6.12. The molecule has 0 aromatic heterocycles. The van der Waals surface area contributed by atoms with Crippen LogP contribution in [-0.2, 0) is 4.74 Å². The van der Waals surface area contributed by atoms with Crippen LogP contribution in [0.2, 0.25) is 0 Å². The summed E-state index contributed by atoms with van der Waals surface area (Å²) in [6.07, 6.45) is 2.16. The first kappa shape index (κ1) is 14.9. The van der Waals surface area contributed by atoms with Crippen LogP contribution in [0, 0.1) is 5.92 Å². The Hall–Kier alpha value is -0.120. The van der Waals surface area contributed by atoms with Gasteiger partial charge < -0.3 is 15.4 Å². The predicted molar refractivity (Wildman–Crippen MR) is 66.0 cm³/mol. The molecule has 0 saturated heterocycles. The van der Waals surface area contributed by atoms with E-state index in [0.717, 1.165) is 39.1 Å². The van der Waals surface area contributed by atoms with Gasteiger partial charge in [0.15, 0.2) is 0 Å². The quantitative estimate of drug-likeness (QED) is 0.638. The van der Waals surface area contributed by atoms with Crippen LogP contribution in [0.1, 0.15) is 33.6 Å². The number of nitrogens with zero attached hydrogens (tertiary/aromatic N) is 1. The van der Waals surface area contributed by atoms with E-state index in [0.29, 0.717) is 12.0 Å². The zero-order valence-electron chi connectivity index (χ0n) is 10.8. The second kappa shape index (κ2) is 9.13. The van der Waals surface area contributed by atoms with Crippen LogP contribution in [0.3, 0.4) is 0 Å². The van der Waals surface area contributed by atoms with Gasteiger partial charge in [-0.1, -0.05) is 20.8 Å². The third kappa shape index (κ3) is 6.88. The van der Waals surface area contributed by atoms with Gasteiger partial charge in [-0.15, -0.1) is 0 Å². The van der Waals surface area contributed by atoms with Crippen molar-refractivity contribution in [2.45, 2.75) is 39.7 Å². The molecular formula is C12H28N2O. The molecule has 3 nitrogen and oxygen atoms in total. The van der Waals surface area contributed by atoms with Gasteiger partial charge in [0.05, 0.1) is 0 Å². The highest BCUT2D eigenvalue weighted by Crippen LogP contribution is 2.10. The summed E-state index contributed by atoms with van der Waals surface area (Å²) in [6.45, 7) is 10.8. The average molecular weight is 216 g/mol. The van der Waals surface area contributed by atoms with Crippen molar-refractivity contribution >= 4 is 0 Å². The van der Waals surface area contributed by atoms with Crippen molar-refractivity contribution in [3.8, 4) is 0 Å². The Kier molecular flexibility index (Phi) is 9.06. The predicted octanol–water partition coefficient (Wildman–Crippen LogP) is 1.72. The lowest BCUT2D eigenvalue weighted by atomic mass is 9.96. The number of hydrogen-bond donors (Lipinski definition) is 1. The maximum Gasteiger partial charge on any atom is 0.0465 e. The highest BCUT2D eigenvalue weighted by molar-refractivity contribution is 4.71. The van der Waals surface area contributed by atoms with E-state index in [4.69, 9.17) is 10.5 Å². The minimum atomic E-state index is 0.306. The maximum atomic E-state index is 6.13. The molecule has 3 heteroatoms. The minimum Gasteiger partial charge on any atom is -0.385 e. The van der Waals surface area contributed by atoms with Crippen LogP contribution in [0.15, 0.2) is 0 Å². The van der Waals surface area contributed by atoms with Gasteiger partial charge >= 0.3 is 0 Å². The fourth-order valence-corrected chi connectivity index (χ4v) is 1.67.